The molecule has 1 fully saturated rings. The fourth-order valence-corrected chi connectivity index (χ4v) is 2.67. The maximum Gasteiger partial charge on any atom is 0.228 e. The summed E-state index contributed by atoms with van der Waals surface area (Å²) in [5, 5.41) is 39.7. The summed E-state index contributed by atoms with van der Waals surface area (Å²) in [7, 11) is 0. The van der Waals surface area contributed by atoms with Crippen LogP contribution in [0, 0.1) is 0 Å². The van der Waals surface area contributed by atoms with Crippen molar-refractivity contribution in [1.29, 1.82) is 0 Å². The van der Waals surface area contributed by atoms with Crippen molar-refractivity contribution in [2.75, 3.05) is 6.61 Å². The van der Waals surface area contributed by atoms with Gasteiger partial charge in [0.25, 0.3) is 0 Å². The molecule has 0 bridgehead atoms. The number of allylic oxidation sites excluding steroid dienone is 2. The van der Waals surface area contributed by atoms with Gasteiger partial charge in [-0.3, -0.25) is 0 Å². The number of phenols is 1. The second-order valence-electron chi connectivity index (χ2n) is 7.03. The molecular weight excluding hydrogens is 324 g/mol. The fraction of sp³-hybridized carbons (Fsp3) is 0.579. The van der Waals surface area contributed by atoms with Gasteiger partial charge in [0.05, 0.1) is 6.61 Å². The van der Waals surface area contributed by atoms with Gasteiger partial charge < -0.3 is 29.9 Å². The third-order valence-corrected chi connectivity index (χ3v) is 4.26. The number of benzene rings is 1. The Morgan fingerprint density at radius 3 is 2.52 bits per heavy atom. The second-order valence-corrected chi connectivity index (χ2v) is 7.03. The van der Waals surface area contributed by atoms with Gasteiger partial charge in [-0.2, -0.15) is 0 Å². The van der Waals surface area contributed by atoms with Gasteiger partial charge in [-0.05, 0) is 38.3 Å². The minimum Gasteiger partial charge on any atom is -0.508 e. The van der Waals surface area contributed by atoms with Crippen molar-refractivity contribution in [1.82, 2.24) is 0 Å². The Balaban J connectivity index is 2.31. The third-order valence-electron chi connectivity index (χ3n) is 4.26. The third kappa shape index (κ3) is 4.73. The Morgan fingerprint density at radius 2 is 1.92 bits per heavy atom. The highest BCUT2D eigenvalue weighted by Crippen LogP contribution is 2.35. The van der Waals surface area contributed by atoms with Crippen LogP contribution in [0.1, 0.15) is 44.7 Å². The van der Waals surface area contributed by atoms with Gasteiger partial charge >= 0.3 is 0 Å². The molecule has 6 heteroatoms. The van der Waals surface area contributed by atoms with Gasteiger partial charge in [0.2, 0.25) is 6.29 Å². The number of aromatic hydroxyl groups is 1. The monoisotopic (exact) mass is 352 g/mol. The highest BCUT2D eigenvalue weighted by atomic mass is 16.7. The molecule has 6 nitrogen and oxygen atoms in total. The van der Waals surface area contributed by atoms with Crippen LogP contribution in [0.25, 0.3) is 0 Å². The van der Waals surface area contributed by atoms with Crippen LogP contribution in [0.2, 0.25) is 0 Å². The first kappa shape index (κ1) is 19.7. The summed E-state index contributed by atoms with van der Waals surface area (Å²) in [6.07, 6.45) is -2.37. The SMILES string of the molecule is CC(C)=CCc1cc(O[C@@H]2OC[C@@H](O)[C@H](O)[C@H]2O)c(C(C)C)cc1O. The molecule has 0 spiro atoms. The number of hydrogen-bond acceptors (Lipinski definition) is 6. The zero-order chi connectivity index (χ0) is 18.7. The Hall–Kier alpha value is -1.60. The molecule has 0 aromatic heterocycles. The first-order valence-corrected chi connectivity index (χ1v) is 8.52. The lowest BCUT2D eigenvalue weighted by Crippen LogP contribution is -2.54. The lowest BCUT2D eigenvalue weighted by Gasteiger charge is -2.35. The van der Waals surface area contributed by atoms with Crippen LogP contribution in [0.3, 0.4) is 0 Å². The Kier molecular flexibility index (Phi) is 6.46. The zero-order valence-corrected chi connectivity index (χ0v) is 15.1. The predicted octanol–water partition coefficient (Wildman–Crippen LogP) is 1.84. The van der Waals surface area contributed by atoms with Crippen LogP contribution in [0.15, 0.2) is 23.8 Å². The van der Waals surface area contributed by atoms with Crippen molar-refractivity contribution >= 4 is 0 Å². The molecule has 0 aliphatic carbocycles. The molecule has 1 saturated heterocycles. The van der Waals surface area contributed by atoms with Crippen molar-refractivity contribution in [3.8, 4) is 11.5 Å². The maximum absolute atomic E-state index is 10.3. The number of aliphatic hydroxyl groups is 3. The molecule has 1 aromatic rings. The van der Waals surface area contributed by atoms with Crippen LogP contribution in [0.5, 0.6) is 11.5 Å². The van der Waals surface area contributed by atoms with E-state index >= 15 is 0 Å². The van der Waals surface area contributed by atoms with Gasteiger partial charge in [-0.15, -0.1) is 0 Å². The van der Waals surface area contributed by atoms with Crippen molar-refractivity contribution in [2.45, 2.75) is 64.6 Å². The van der Waals surface area contributed by atoms with E-state index in [0.29, 0.717) is 17.7 Å². The number of phenolic OH excluding ortho intramolecular Hbond substituents is 1. The molecule has 140 valence electrons. The number of rotatable bonds is 5. The minimum absolute atomic E-state index is 0.0784. The summed E-state index contributed by atoms with van der Waals surface area (Å²) in [6, 6.07) is 3.40. The molecule has 0 amide bonds. The van der Waals surface area contributed by atoms with E-state index in [2.05, 4.69) is 0 Å². The quantitative estimate of drug-likeness (QED) is 0.604. The van der Waals surface area contributed by atoms with Crippen molar-refractivity contribution in [2.24, 2.45) is 0 Å². The molecule has 4 atom stereocenters. The van der Waals surface area contributed by atoms with E-state index in [-0.39, 0.29) is 18.3 Å². The van der Waals surface area contributed by atoms with Crippen molar-refractivity contribution < 1.29 is 29.9 Å². The molecule has 1 aliphatic rings. The summed E-state index contributed by atoms with van der Waals surface area (Å²) >= 11 is 0. The summed E-state index contributed by atoms with van der Waals surface area (Å²) in [5.74, 6) is 0.751. The molecule has 25 heavy (non-hydrogen) atoms. The van der Waals surface area contributed by atoms with Gasteiger partial charge in [0, 0.05) is 11.1 Å². The Morgan fingerprint density at radius 1 is 1.24 bits per heavy atom. The van der Waals surface area contributed by atoms with Crippen molar-refractivity contribution in [3.05, 3.63) is 34.9 Å². The topological polar surface area (TPSA) is 99.4 Å². The van der Waals surface area contributed by atoms with E-state index in [1.54, 1.807) is 12.1 Å². The average molecular weight is 352 g/mol. The van der Waals surface area contributed by atoms with Gasteiger partial charge in [-0.1, -0.05) is 25.5 Å². The van der Waals surface area contributed by atoms with Crippen LogP contribution >= 0.6 is 0 Å². The molecule has 2 rings (SSSR count). The normalized spacial score (nSPS) is 26.6. The second kappa shape index (κ2) is 8.19. The molecule has 0 unspecified atom stereocenters. The summed E-state index contributed by atoms with van der Waals surface area (Å²) < 4.78 is 11.1. The number of aliphatic hydroxyl groups excluding tert-OH is 3. The maximum atomic E-state index is 10.3. The van der Waals surface area contributed by atoms with Crippen molar-refractivity contribution in [3.63, 3.8) is 0 Å². The fourth-order valence-electron chi connectivity index (χ4n) is 2.67. The van der Waals surface area contributed by atoms with E-state index in [1.165, 1.54) is 0 Å². The Bertz CT molecular complexity index is 621. The largest absolute Gasteiger partial charge is 0.508 e. The summed E-state index contributed by atoms with van der Waals surface area (Å²) in [5.41, 5.74) is 2.61. The predicted molar refractivity (Wildman–Crippen MR) is 93.7 cm³/mol. The molecule has 0 radical (unpaired) electrons. The lowest BCUT2D eigenvalue weighted by molar-refractivity contribution is -0.242. The highest BCUT2D eigenvalue weighted by Gasteiger charge is 2.39. The zero-order valence-electron chi connectivity index (χ0n) is 15.1. The first-order valence-electron chi connectivity index (χ1n) is 8.52. The van der Waals surface area contributed by atoms with Gasteiger partial charge in [0.1, 0.15) is 29.8 Å². The van der Waals surface area contributed by atoms with Gasteiger partial charge in [0.15, 0.2) is 0 Å². The molecule has 1 aliphatic heterocycles. The Labute approximate surface area is 148 Å². The average Bonchev–Trinajstić information content (AvgIpc) is 2.54. The van der Waals surface area contributed by atoms with E-state index in [1.807, 2.05) is 33.8 Å². The molecule has 1 heterocycles. The van der Waals surface area contributed by atoms with E-state index in [0.717, 1.165) is 11.1 Å². The van der Waals surface area contributed by atoms with E-state index in [4.69, 9.17) is 9.47 Å². The van der Waals surface area contributed by atoms with E-state index < -0.39 is 24.6 Å². The smallest absolute Gasteiger partial charge is 0.228 e. The van der Waals surface area contributed by atoms with Crippen LogP contribution in [-0.4, -0.2) is 51.6 Å². The van der Waals surface area contributed by atoms with Crippen LogP contribution < -0.4 is 4.74 Å². The minimum atomic E-state index is -1.36. The highest BCUT2D eigenvalue weighted by molar-refractivity contribution is 5.48. The number of hydrogen-bond donors (Lipinski definition) is 4. The molecule has 0 saturated carbocycles. The van der Waals surface area contributed by atoms with E-state index in [9.17, 15) is 20.4 Å². The van der Waals surface area contributed by atoms with Crippen LogP contribution in [-0.2, 0) is 11.2 Å². The summed E-state index contributed by atoms with van der Waals surface area (Å²) in [6.45, 7) is 7.77. The molecule has 4 N–H and O–H groups in total. The lowest BCUT2D eigenvalue weighted by atomic mass is 9.97. The first-order chi connectivity index (χ1) is 11.7. The molecular formula is C19H28O6. The molecule has 1 aromatic carbocycles. The standard InChI is InChI=1S/C19H28O6/c1-10(2)5-6-12-7-16(13(11(3)4)8-14(12)20)25-19-18(23)17(22)15(21)9-24-19/h5,7-8,11,15,17-23H,6,9H2,1-4H3/t15-,17+,18-,19+/m1/s1. The summed E-state index contributed by atoms with van der Waals surface area (Å²) in [4.78, 5) is 0. The van der Waals surface area contributed by atoms with Crippen LogP contribution in [0.4, 0.5) is 0 Å². The number of ether oxygens (including phenoxy) is 2. The van der Waals surface area contributed by atoms with Gasteiger partial charge in [-0.25, -0.2) is 0 Å².